The summed E-state index contributed by atoms with van der Waals surface area (Å²) in [6.07, 6.45) is 0. The number of halogens is 1. The molecule has 2 N–H and O–H groups in total. The molecular formula is C13H15BrN2S. The topological polar surface area (TPSA) is 24.1 Å². The van der Waals surface area contributed by atoms with E-state index in [9.17, 15) is 0 Å². The fraction of sp³-hybridized carbons (Fsp3) is 0.231. The molecule has 0 saturated heterocycles. The van der Waals surface area contributed by atoms with Crippen molar-refractivity contribution in [3.05, 3.63) is 50.6 Å². The van der Waals surface area contributed by atoms with E-state index in [2.05, 4.69) is 62.3 Å². The molecule has 1 atom stereocenters. The average molecular weight is 311 g/mol. The van der Waals surface area contributed by atoms with Crippen molar-refractivity contribution in [3.63, 3.8) is 0 Å². The Hall–Kier alpha value is -0.840. The van der Waals surface area contributed by atoms with Gasteiger partial charge in [-0.3, -0.25) is 0 Å². The van der Waals surface area contributed by atoms with Gasteiger partial charge in [0, 0.05) is 27.5 Å². The van der Waals surface area contributed by atoms with Crippen LogP contribution in [0, 0.1) is 0 Å². The Bertz CT molecular complexity index is 478. The monoisotopic (exact) mass is 310 g/mol. The van der Waals surface area contributed by atoms with Crippen LogP contribution in [0.5, 0.6) is 0 Å². The van der Waals surface area contributed by atoms with Gasteiger partial charge in [0.1, 0.15) is 0 Å². The van der Waals surface area contributed by atoms with Gasteiger partial charge < -0.3 is 10.6 Å². The summed E-state index contributed by atoms with van der Waals surface area (Å²) in [7, 11) is 3.92. The van der Waals surface area contributed by atoms with Gasteiger partial charge in [0.15, 0.2) is 0 Å². The molecule has 2 rings (SSSR count). The minimum Gasteiger partial charge on any atom is -0.388 e. The highest BCUT2D eigenvalue weighted by Gasteiger charge is 2.13. The van der Waals surface area contributed by atoms with Crippen molar-refractivity contribution >= 4 is 33.0 Å². The molecule has 0 aliphatic rings. The first-order chi connectivity index (χ1) is 8.24. The molecule has 0 aliphatic heterocycles. The van der Waals surface area contributed by atoms with Crippen molar-refractivity contribution in [2.75, 3.05) is 19.4 Å². The van der Waals surface area contributed by atoms with Crippen molar-refractivity contribution < 1.29 is 0 Å². The van der Waals surface area contributed by atoms with Crippen molar-refractivity contribution in [1.82, 2.24) is 5.32 Å². The van der Waals surface area contributed by atoms with E-state index in [0.29, 0.717) is 0 Å². The van der Waals surface area contributed by atoms with Crippen molar-refractivity contribution in [3.8, 4) is 0 Å². The number of thiophene rings is 1. The summed E-state index contributed by atoms with van der Waals surface area (Å²) in [4.78, 5) is 1.32. The van der Waals surface area contributed by atoms with Crippen molar-refractivity contribution in [2.45, 2.75) is 6.04 Å². The van der Waals surface area contributed by atoms with E-state index < -0.39 is 0 Å². The number of hydrogen-bond donors (Lipinski definition) is 2. The highest BCUT2D eigenvalue weighted by molar-refractivity contribution is 9.10. The second kappa shape index (κ2) is 5.67. The summed E-state index contributed by atoms with van der Waals surface area (Å²) in [5.74, 6) is 0. The smallest absolute Gasteiger partial charge is 0.0669 e. The number of hydrogen-bond acceptors (Lipinski definition) is 3. The van der Waals surface area contributed by atoms with Gasteiger partial charge in [-0.1, -0.05) is 12.1 Å². The third-order valence-electron chi connectivity index (χ3n) is 2.69. The summed E-state index contributed by atoms with van der Waals surface area (Å²) in [5, 5.41) is 8.60. The van der Waals surface area contributed by atoms with E-state index in [4.69, 9.17) is 0 Å². The Kier molecular flexibility index (Phi) is 4.20. The molecule has 2 aromatic rings. The molecule has 2 nitrogen and oxygen atoms in total. The molecule has 4 heteroatoms. The molecule has 0 aliphatic carbocycles. The Morgan fingerprint density at radius 2 is 1.88 bits per heavy atom. The summed E-state index contributed by atoms with van der Waals surface area (Å²) in [6, 6.07) is 10.9. The van der Waals surface area contributed by atoms with Crippen LogP contribution >= 0.6 is 27.3 Å². The van der Waals surface area contributed by atoms with Gasteiger partial charge in [0.25, 0.3) is 0 Å². The number of nitrogens with one attached hydrogen (secondary N) is 2. The van der Waals surface area contributed by atoms with E-state index in [-0.39, 0.29) is 6.04 Å². The quantitative estimate of drug-likeness (QED) is 0.896. The van der Waals surface area contributed by atoms with E-state index in [1.807, 2.05) is 14.1 Å². The van der Waals surface area contributed by atoms with Gasteiger partial charge in [-0.25, -0.2) is 0 Å². The van der Waals surface area contributed by atoms with Crippen LogP contribution in [-0.2, 0) is 0 Å². The van der Waals surface area contributed by atoms with Crippen LogP contribution in [0.25, 0.3) is 0 Å². The maximum absolute atomic E-state index is 3.50. The van der Waals surface area contributed by atoms with Crippen molar-refractivity contribution in [2.24, 2.45) is 0 Å². The van der Waals surface area contributed by atoms with E-state index in [0.717, 1.165) is 10.2 Å². The molecule has 0 bridgehead atoms. The van der Waals surface area contributed by atoms with E-state index in [1.165, 1.54) is 10.4 Å². The van der Waals surface area contributed by atoms with E-state index in [1.54, 1.807) is 11.3 Å². The van der Waals surface area contributed by atoms with Crippen molar-refractivity contribution in [1.29, 1.82) is 0 Å². The van der Waals surface area contributed by atoms with Gasteiger partial charge in [0.2, 0.25) is 0 Å². The number of benzene rings is 1. The molecule has 1 unspecified atom stereocenters. The predicted molar refractivity (Wildman–Crippen MR) is 78.9 cm³/mol. The van der Waals surface area contributed by atoms with Crippen LogP contribution in [0.4, 0.5) is 5.69 Å². The molecule has 1 aromatic carbocycles. The van der Waals surface area contributed by atoms with Crippen LogP contribution in [0.2, 0.25) is 0 Å². The van der Waals surface area contributed by atoms with Gasteiger partial charge in [-0.2, -0.15) is 0 Å². The molecular weight excluding hydrogens is 296 g/mol. The lowest BCUT2D eigenvalue weighted by molar-refractivity contribution is 0.704. The first-order valence-corrected chi connectivity index (χ1v) is 7.10. The standard InChI is InChI=1S/C13H15BrN2S/c1-15-11-5-3-9(4-6-11)13(16-2)12-7-10(14)8-17-12/h3-8,13,15-16H,1-2H3. The third-order valence-corrected chi connectivity index (χ3v) is 4.45. The predicted octanol–water partition coefficient (Wildman–Crippen LogP) is 3.86. The number of anilines is 1. The van der Waals surface area contributed by atoms with Gasteiger partial charge >= 0.3 is 0 Å². The molecule has 1 heterocycles. The molecule has 90 valence electrons. The normalized spacial score (nSPS) is 12.4. The molecule has 0 saturated carbocycles. The molecule has 0 amide bonds. The summed E-state index contributed by atoms with van der Waals surface area (Å²) < 4.78 is 1.14. The van der Waals surface area contributed by atoms with Gasteiger partial charge in [0.05, 0.1) is 6.04 Å². The SMILES string of the molecule is CNc1ccc(C(NC)c2cc(Br)cs2)cc1. The van der Waals surface area contributed by atoms with Gasteiger partial charge in [-0.05, 0) is 46.7 Å². The maximum Gasteiger partial charge on any atom is 0.0669 e. The highest BCUT2D eigenvalue weighted by Crippen LogP contribution is 2.30. The van der Waals surface area contributed by atoms with Crippen LogP contribution in [0.15, 0.2) is 40.2 Å². The maximum atomic E-state index is 3.50. The second-order valence-corrected chi connectivity index (χ2v) is 5.62. The van der Waals surface area contributed by atoms with Crippen LogP contribution in [0.3, 0.4) is 0 Å². The fourth-order valence-corrected chi connectivity index (χ4v) is 3.38. The fourth-order valence-electron chi connectivity index (χ4n) is 1.80. The second-order valence-electron chi connectivity index (χ2n) is 3.76. The Morgan fingerprint density at radius 3 is 2.35 bits per heavy atom. The van der Waals surface area contributed by atoms with E-state index >= 15 is 0 Å². The Balaban J connectivity index is 2.28. The first kappa shape index (κ1) is 12.6. The lowest BCUT2D eigenvalue weighted by atomic mass is 10.1. The zero-order valence-electron chi connectivity index (χ0n) is 9.83. The lowest BCUT2D eigenvalue weighted by Crippen LogP contribution is -2.16. The minimum absolute atomic E-state index is 0.261. The molecule has 1 aromatic heterocycles. The first-order valence-electron chi connectivity index (χ1n) is 5.43. The largest absolute Gasteiger partial charge is 0.388 e. The number of rotatable bonds is 4. The minimum atomic E-state index is 0.261. The molecule has 17 heavy (non-hydrogen) atoms. The Morgan fingerprint density at radius 1 is 1.18 bits per heavy atom. The lowest BCUT2D eigenvalue weighted by Gasteiger charge is -2.15. The zero-order valence-corrected chi connectivity index (χ0v) is 12.2. The molecule has 0 radical (unpaired) electrons. The average Bonchev–Trinajstić information content (AvgIpc) is 2.78. The zero-order chi connectivity index (χ0) is 12.3. The summed E-state index contributed by atoms with van der Waals surface area (Å²) >= 11 is 5.26. The summed E-state index contributed by atoms with van der Waals surface area (Å²) in [6.45, 7) is 0. The highest BCUT2D eigenvalue weighted by atomic mass is 79.9. The van der Waals surface area contributed by atoms with Crippen LogP contribution in [-0.4, -0.2) is 14.1 Å². The Labute approximate surface area is 114 Å². The molecule has 0 fully saturated rings. The summed E-state index contributed by atoms with van der Waals surface area (Å²) in [5.41, 5.74) is 2.41. The third kappa shape index (κ3) is 2.89. The van der Waals surface area contributed by atoms with Gasteiger partial charge in [-0.15, -0.1) is 11.3 Å². The molecule has 0 spiro atoms. The van der Waals surface area contributed by atoms with Crippen LogP contribution < -0.4 is 10.6 Å². The van der Waals surface area contributed by atoms with Crippen LogP contribution in [0.1, 0.15) is 16.5 Å².